The van der Waals surface area contributed by atoms with Crippen molar-refractivity contribution in [2.75, 3.05) is 13.2 Å². The number of nitrogens with one attached hydrogen (secondary N) is 1. The minimum absolute atomic E-state index is 0.687. The standard InChI is InChI=1S/C15H22BrNO/c1-4-6-8-18-15-12(3)9-14(16)10-13(15)11-17-7-5-2/h4,9-10,17H,1,5-8,11H2,2-3H3. The van der Waals surface area contributed by atoms with Crippen molar-refractivity contribution in [3.63, 3.8) is 0 Å². The summed E-state index contributed by atoms with van der Waals surface area (Å²) in [7, 11) is 0. The number of rotatable bonds is 8. The lowest BCUT2D eigenvalue weighted by molar-refractivity contribution is 0.318. The minimum atomic E-state index is 0.687. The summed E-state index contributed by atoms with van der Waals surface area (Å²) >= 11 is 3.54. The zero-order valence-electron chi connectivity index (χ0n) is 11.3. The molecule has 0 saturated heterocycles. The molecular formula is C15H22BrNO. The van der Waals surface area contributed by atoms with E-state index in [0.717, 1.165) is 36.2 Å². The smallest absolute Gasteiger partial charge is 0.126 e. The van der Waals surface area contributed by atoms with Crippen LogP contribution in [0.4, 0.5) is 0 Å². The molecule has 0 aliphatic carbocycles. The summed E-state index contributed by atoms with van der Waals surface area (Å²) in [4.78, 5) is 0. The van der Waals surface area contributed by atoms with Crippen LogP contribution in [0, 0.1) is 6.92 Å². The second kappa shape index (κ2) is 8.33. The molecule has 0 fully saturated rings. The highest BCUT2D eigenvalue weighted by molar-refractivity contribution is 9.10. The second-order valence-corrected chi connectivity index (χ2v) is 5.23. The summed E-state index contributed by atoms with van der Waals surface area (Å²) in [6.07, 6.45) is 3.89. The van der Waals surface area contributed by atoms with Crippen molar-refractivity contribution in [2.45, 2.75) is 33.2 Å². The predicted octanol–water partition coefficient (Wildman–Crippen LogP) is 4.21. The maximum Gasteiger partial charge on any atom is 0.126 e. The normalized spacial score (nSPS) is 10.4. The molecule has 0 amide bonds. The Bertz CT molecular complexity index is 390. The average Bonchev–Trinajstić information content (AvgIpc) is 2.32. The average molecular weight is 312 g/mol. The van der Waals surface area contributed by atoms with Gasteiger partial charge >= 0.3 is 0 Å². The zero-order valence-corrected chi connectivity index (χ0v) is 12.8. The van der Waals surface area contributed by atoms with Crippen LogP contribution in [0.3, 0.4) is 0 Å². The van der Waals surface area contributed by atoms with Crippen LogP contribution in [-0.4, -0.2) is 13.2 Å². The highest BCUT2D eigenvalue weighted by Crippen LogP contribution is 2.28. The number of benzene rings is 1. The van der Waals surface area contributed by atoms with E-state index in [1.165, 1.54) is 11.1 Å². The Kier molecular flexibility index (Phi) is 7.06. The first-order chi connectivity index (χ1) is 8.69. The van der Waals surface area contributed by atoms with Gasteiger partial charge in [0.1, 0.15) is 5.75 Å². The molecule has 2 nitrogen and oxygen atoms in total. The Morgan fingerprint density at radius 2 is 2.22 bits per heavy atom. The topological polar surface area (TPSA) is 21.3 Å². The fourth-order valence-corrected chi connectivity index (χ4v) is 2.40. The van der Waals surface area contributed by atoms with Gasteiger partial charge in [0, 0.05) is 16.6 Å². The van der Waals surface area contributed by atoms with Crippen molar-refractivity contribution < 1.29 is 4.74 Å². The van der Waals surface area contributed by atoms with Crippen LogP contribution in [0.25, 0.3) is 0 Å². The highest BCUT2D eigenvalue weighted by atomic mass is 79.9. The van der Waals surface area contributed by atoms with Crippen molar-refractivity contribution in [1.29, 1.82) is 0 Å². The molecule has 0 aliphatic heterocycles. The quantitative estimate of drug-likeness (QED) is 0.573. The second-order valence-electron chi connectivity index (χ2n) is 4.31. The lowest BCUT2D eigenvalue weighted by Gasteiger charge is -2.15. The fourth-order valence-electron chi connectivity index (χ4n) is 1.78. The van der Waals surface area contributed by atoms with Gasteiger partial charge in [-0.2, -0.15) is 0 Å². The number of ether oxygens (including phenoxy) is 1. The third kappa shape index (κ3) is 4.83. The number of hydrogen-bond donors (Lipinski definition) is 1. The Labute approximate surface area is 119 Å². The van der Waals surface area contributed by atoms with Gasteiger partial charge in [0.2, 0.25) is 0 Å². The van der Waals surface area contributed by atoms with Crippen LogP contribution in [0.5, 0.6) is 5.75 Å². The molecule has 0 saturated carbocycles. The van der Waals surface area contributed by atoms with Gasteiger partial charge in [-0.05, 0) is 44.0 Å². The third-order valence-electron chi connectivity index (χ3n) is 2.63. The van der Waals surface area contributed by atoms with Crippen molar-refractivity contribution in [3.8, 4) is 5.75 Å². The Morgan fingerprint density at radius 1 is 1.44 bits per heavy atom. The molecule has 0 spiro atoms. The maximum absolute atomic E-state index is 5.86. The van der Waals surface area contributed by atoms with E-state index in [1.807, 2.05) is 6.08 Å². The number of halogens is 1. The van der Waals surface area contributed by atoms with Crippen molar-refractivity contribution >= 4 is 15.9 Å². The Hall–Kier alpha value is -0.800. The summed E-state index contributed by atoms with van der Waals surface area (Å²) in [6, 6.07) is 4.21. The van der Waals surface area contributed by atoms with E-state index in [0.29, 0.717) is 6.61 Å². The third-order valence-corrected chi connectivity index (χ3v) is 3.08. The molecule has 0 unspecified atom stereocenters. The number of hydrogen-bond acceptors (Lipinski definition) is 2. The summed E-state index contributed by atoms with van der Waals surface area (Å²) < 4.78 is 6.96. The molecule has 0 heterocycles. The molecule has 1 aromatic rings. The first kappa shape index (κ1) is 15.3. The van der Waals surface area contributed by atoms with E-state index >= 15 is 0 Å². The fraction of sp³-hybridized carbons (Fsp3) is 0.467. The van der Waals surface area contributed by atoms with Gasteiger partial charge in [-0.15, -0.1) is 6.58 Å². The maximum atomic E-state index is 5.86. The van der Waals surface area contributed by atoms with Gasteiger partial charge in [-0.3, -0.25) is 0 Å². The summed E-state index contributed by atoms with van der Waals surface area (Å²) in [5.74, 6) is 1.00. The Balaban J connectivity index is 2.79. The van der Waals surface area contributed by atoms with Crippen molar-refractivity contribution in [3.05, 3.63) is 40.4 Å². The molecule has 0 aromatic heterocycles. The van der Waals surface area contributed by atoms with E-state index in [9.17, 15) is 0 Å². The molecule has 1 aromatic carbocycles. The van der Waals surface area contributed by atoms with Gasteiger partial charge in [0.25, 0.3) is 0 Å². The minimum Gasteiger partial charge on any atom is -0.493 e. The lowest BCUT2D eigenvalue weighted by atomic mass is 10.1. The van der Waals surface area contributed by atoms with Crippen LogP contribution >= 0.6 is 15.9 Å². The molecule has 0 atom stereocenters. The summed E-state index contributed by atoms with van der Waals surface area (Å²) in [5.41, 5.74) is 2.38. The molecule has 3 heteroatoms. The van der Waals surface area contributed by atoms with E-state index in [-0.39, 0.29) is 0 Å². The van der Waals surface area contributed by atoms with Crippen LogP contribution in [0.1, 0.15) is 30.9 Å². The highest BCUT2D eigenvalue weighted by Gasteiger charge is 2.08. The monoisotopic (exact) mass is 311 g/mol. The Morgan fingerprint density at radius 3 is 2.89 bits per heavy atom. The van der Waals surface area contributed by atoms with Gasteiger partial charge in [0.15, 0.2) is 0 Å². The predicted molar refractivity (Wildman–Crippen MR) is 81.2 cm³/mol. The summed E-state index contributed by atoms with van der Waals surface area (Å²) in [5, 5.41) is 3.42. The van der Waals surface area contributed by atoms with Gasteiger partial charge < -0.3 is 10.1 Å². The largest absolute Gasteiger partial charge is 0.493 e. The van der Waals surface area contributed by atoms with E-state index in [1.54, 1.807) is 0 Å². The summed E-state index contributed by atoms with van der Waals surface area (Å²) in [6.45, 7) is 10.5. The van der Waals surface area contributed by atoms with Gasteiger partial charge in [-0.1, -0.05) is 28.9 Å². The molecule has 0 bridgehead atoms. The molecule has 100 valence electrons. The van der Waals surface area contributed by atoms with Crippen LogP contribution in [-0.2, 0) is 6.54 Å². The van der Waals surface area contributed by atoms with Gasteiger partial charge in [-0.25, -0.2) is 0 Å². The van der Waals surface area contributed by atoms with Crippen LogP contribution in [0.15, 0.2) is 29.3 Å². The first-order valence-electron chi connectivity index (χ1n) is 6.42. The first-order valence-corrected chi connectivity index (χ1v) is 7.21. The van der Waals surface area contributed by atoms with E-state index in [4.69, 9.17) is 4.74 Å². The molecule has 18 heavy (non-hydrogen) atoms. The molecule has 1 rings (SSSR count). The van der Waals surface area contributed by atoms with Crippen LogP contribution < -0.4 is 10.1 Å². The zero-order chi connectivity index (χ0) is 13.4. The number of aryl methyl sites for hydroxylation is 1. The SMILES string of the molecule is C=CCCOc1c(C)cc(Br)cc1CNCCC. The van der Waals surface area contributed by atoms with Gasteiger partial charge in [0.05, 0.1) is 6.61 Å². The molecule has 1 N–H and O–H groups in total. The molecule has 0 radical (unpaired) electrons. The van der Waals surface area contributed by atoms with E-state index < -0.39 is 0 Å². The molecule has 0 aliphatic rings. The van der Waals surface area contributed by atoms with Crippen molar-refractivity contribution in [2.24, 2.45) is 0 Å². The molecular weight excluding hydrogens is 290 g/mol. The lowest BCUT2D eigenvalue weighted by Crippen LogP contribution is -2.15. The van der Waals surface area contributed by atoms with Crippen LogP contribution in [0.2, 0.25) is 0 Å². The van der Waals surface area contributed by atoms with E-state index in [2.05, 4.69) is 53.8 Å². The van der Waals surface area contributed by atoms with Crippen molar-refractivity contribution in [1.82, 2.24) is 5.32 Å².